The molecular weight excluding hydrogens is 272 g/mol. The van der Waals surface area contributed by atoms with Gasteiger partial charge in [-0.25, -0.2) is 0 Å². The predicted octanol–water partition coefficient (Wildman–Crippen LogP) is -1.64. The zero-order valence-electron chi connectivity index (χ0n) is 12.1. The molecule has 0 aliphatic carbocycles. The van der Waals surface area contributed by atoms with Crippen molar-refractivity contribution in [2.75, 3.05) is 31.6 Å². The summed E-state index contributed by atoms with van der Waals surface area (Å²) in [6.45, 7) is 4.14. The fourth-order valence-corrected chi connectivity index (χ4v) is 2.41. The van der Waals surface area contributed by atoms with Crippen LogP contribution in [0, 0.1) is 6.92 Å². The minimum absolute atomic E-state index is 0.0917. The molecule has 1 amide bonds. The molecule has 1 aromatic carbocycles. The van der Waals surface area contributed by atoms with Crippen molar-refractivity contribution < 1.29 is 24.3 Å². The number of nitrogens with one attached hydrogen (secondary N) is 2. The monoisotopic (exact) mass is 292 g/mol. The molecule has 2 rings (SSSR count). The second kappa shape index (κ2) is 7.19. The lowest BCUT2D eigenvalue weighted by Crippen LogP contribution is -3.19. The summed E-state index contributed by atoms with van der Waals surface area (Å²) in [6, 6.07) is 6.53. The van der Waals surface area contributed by atoms with E-state index in [1.54, 1.807) is 12.1 Å². The molecule has 2 N–H and O–H groups in total. The molecule has 1 heterocycles. The first-order valence-electron chi connectivity index (χ1n) is 7.06. The number of aryl methyl sites for hydroxylation is 1. The Hall–Kier alpha value is -1.92. The number of hydrogen-bond donors (Lipinski definition) is 2. The number of carbonyl (C=O) groups excluding carboxylic acids is 2. The standard InChI is InChI=1S/C15H20N2O4/c1-11-2-4-12(5-3-11)16-14(18)10-13(15(19)20)17-6-8-21-9-7-17/h2-5,13H,6-10H2,1H3,(H,16,18)(H,19,20)/t13-/m1/s1. The van der Waals surface area contributed by atoms with Gasteiger partial charge in [-0.1, -0.05) is 17.7 Å². The molecule has 1 fully saturated rings. The molecule has 0 saturated carbocycles. The third-order valence-electron chi connectivity index (χ3n) is 3.64. The van der Waals surface area contributed by atoms with Crippen LogP contribution in [0.3, 0.4) is 0 Å². The molecule has 1 aliphatic heterocycles. The lowest BCUT2D eigenvalue weighted by atomic mass is 10.1. The van der Waals surface area contributed by atoms with Crippen molar-refractivity contribution in [1.82, 2.24) is 0 Å². The summed E-state index contributed by atoms with van der Waals surface area (Å²) in [5, 5.41) is 14.0. The first-order valence-corrected chi connectivity index (χ1v) is 7.06. The van der Waals surface area contributed by atoms with Crippen molar-refractivity contribution in [1.29, 1.82) is 0 Å². The van der Waals surface area contributed by atoms with Crippen LogP contribution in [0.25, 0.3) is 0 Å². The van der Waals surface area contributed by atoms with Gasteiger partial charge in [0, 0.05) is 5.69 Å². The van der Waals surface area contributed by atoms with E-state index < -0.39 is 12.0 Å². The smallest absolute Gasteiger partial charge is 0.230 e. The van der Waals surface area contributed by atoms with E-state index >= 15 is 0 Å². The molecule has 0 aromatic heterocycles. The quantitative estimate of drug-likeness (QED) is 0.682. The van der Waals surface area contributed by atoms with E-state index in [0.29, 0.717) is 32.0 Å². The summed E-state index contributed by atoms with van der Waals surface area (Å²) in [6.07, 6.45) is -0.0917. The number of carboxylic acid groups (broad SMARTS) is 1. The highest BCUT2D eigenvalue weighted by Gasteiger charge is 2.28. The van der Waals surface area contributed by atoms with E-state index in [1.807, 2.05) is 19.1 Å². The molecule has 1 aliphatic rings. The van der Waals surface area contributed by atoms with E-state index in [0.717, 1.165) is 10.5 Å². The maximum absolute atomic E-state index is 12.0. The highest BCUT2D eigenvalue weighted by molar-refractivity contribution is 5.93. The fourth-order valence-electron chi connectivity index (χ4n) is 2.41. The van der Waals surface area contributed by atoms with Gasteiger partial charge < -0.3 is 24.9 Å². The average Bonchev–Trinajstić information content (AvgIpc) is 2.48. The Morgan fingerprint density at radius 2 is 1.90 bits per heavy atom. The topological polar surface area (TPSA) is 82.9 Å². The van der Waals surface area contributed by atoms with Crippen LogP contribution in [-0.2, 0) is 14.3 Å². The van der Waals surface area contributed by atoms with E-state index in [4.69, 9.17) is 4.74 Å². The number of anilines is 1. The summed E-state index contributed by atoms with van der Waals surface area (Å²) in [7, 11) is 0. The molecule has 6 heteroatoms. The zero-order chi connectivity index (χ0) is 15.2. The molecule has 1 atom stereocenters. The Morgan fingerprint density at radius 1 is 1.29 bits per heavy atom. The molecule has 0 bridgehead atoms. The van der Waals surface area contributed by atoms with Crippen molar-refractivity contribution in [2.45, 2.75) is 19.4 Å². The number of morpholine rings is 1. The van der Waals surface area contributed by atoms with Crippen LogP contribution < -0.4 is 15.3 Å². The number of rotatable bonds is 5. The van der Waals surface area contributed by atoms with Gasteiger partial charge in [0.25, 0.3) is 0 Å². The molecule has 114 valence electrons. The van der Waals surface area contributed by atoms with E-state index in [1.165, 1.54) is 0 Å². The normalized spacial score (nSPS) is 17.2. The van der Waals surface area contributed by atoms with Gasteiger partial charge in [0.1, 0.15) is 19.1 Å². The molecule has 6 nitrogen and oxygen atoms in total. The second-order valence-electron chi connectivity index (χ2n) is 5.26. The molecule has 1 saturated heterocycles. The molecule has 0 spiro atoms. The number of aliphatic carboxylic acids is 1. The fraction of sp³-hybridized carbons (Fsp3) is 0.467. The van der Waals surface area contributed by atoms with Crippen LogP contribution in [0.4, 0.5) is 5.69 Å². The summed E-state index contributed by atoms with van der Waals surface area (Å²) in [5.74, 6) is -1.50. The molecule has 21 heavy (non-hydrogen) atoms. The predicted molar refractivity (Wildman–Crippen MR) is 74.7 cm³/mol. The lowest BCUT2D eigenvalue weighted by molar-refractivity contribution is -0.925. The van der Waals surface area contributed by atoms with Gasteiger partial charge in [0.2, 0.25) is 5.91 Å². The summed E-state index contributed by atoms with van der Waals surface area (Å²) in [5.41, 5.74) is 1.76. The number of benzene rings is 1. The zero-order valence-corrected chi connectivity index (χ0v) is 12.1. The maximum atomic E-state index is 12.0. The summed E-state index contributed by atoms with van der Waals surface area (Å²) in [4.78, 5) is 24.1. The molecular formula is C15H20N2O4. The minimum Gasteiger partial charge on any atom is -0.544 e. The van der Waals surface area contributed by atoms with Crippen molar-refractivity contribution in [3.8, 4) is 0 Å². The van der Waals surface area contributed by atoms with Crippen molar-refractivity contribution in [2.24, 2.45) is 0 Å². The number of quaternary nitrogens is 1. The van der Waals surface area contributed by atoms with Crippen molar-refractivity contribution in [3.05, 3.63) is 29.8 Å². The minimum atomic E-state index is -1.19. The van der Waals surface area contributed by atoms with Gasteiger partial charge in [0.05, 0.1) is 25.6 Å². The van der Waals surface area contributed by atoms with Gasteiger partial charge in [0.15, 0.2) is 0 Å². The second-order valence-corrected chi connectivity index (χ2v) is 5.26. The highest BCUT2D eigenvalue weighted by Crippen LogP contribution is 2.09. The van der Waals surface area contributed by atoms with Crippen LogP contribution in [0.5, 0.6) is 0 Å². The van der Waals surface area contributed by atoms with Crippen LogP contribution in [-0.4, -0.2) is 44.2 Å². The summed E-state index contributed by atoms with van der Waals surface area (Å²) >= 11 is 0. The number of ether oxygens (including phenoxy) is 1. The maximum Gasteiger partial charge on any atom is 0.230 e. The van der Waals surface area contributed by atoms with Gasteiger partial charge in [-0.3, -0.25) is 4.79 Å². The lowest BCUT2D eigenvalue weighted by Gasteiger charge is -2.31. The third kappa shape index (κ3) is 4.54. The Kier molecular flexibility index (Phi) is 5.30. The first kappa shape index (κ1) is 15.5. The molecule has 0 radical (unpaired) electrons. The Morgan fingerprint density at radius 3 is 2.48 bits per heavy atom. The van der Waals surface area contributed by atoms with Gasteiger partial charge in [-0.15, -0.1) is 0 Å². The molecule has 0 unspecified atom stereocenters. The van der Waals surface area contributed by atoms with Crippen LogP contribution in [0.2, 0.25) is 0 Å². The van der Waals surface area contributed by atoms with Crippen molar-refractivity contribution in [3.63, 3.8) is 0 Å². The Balaban J connectivity index is 1.94. The van der Waals surface area contributed by atoms with Crippen LogP contribution in [0.1, 0.15) is 12.0 Å². The van der Waals surface area contributed by atoms with E-state index in [-0.39, 0.29) is 12.3 Å². The third-order valence-corrected chi connectivity index (χ3v) is 3.64. The average molecular weight is 292 g/mol. The summed E-state index contributed by atoms with van der Waals surface area (Å²) < 4.78 is 5.21. The van der Waals surface area contributed by atoms with E-state index in [9.17, 15) is 14.7 Å². The number of hydrogen-bond acceptors (Lipinski definition) is 4. The highest BCUT2D eigenvalue weighted by atomic mass is 16.5. The van der Waals surface area contributed by atoms with Gasteiger partial charge in [-0.2, -0.15) is 0 Å². The van der Waals surface area contributed by atoms with Crippen molar-refractivity contribution >= 4 is 17.6 Å². The van der Waals surface area contributed by atoms with Gasteiger partial charge >= 0.3 is 0 Å². The molecule has 1 aromatic rings. The van der Waals surface area contributed by atoms with E-state index in [2.05, 4.69) is 5.32 Å². The largest absolute Gasteiger partial charge is 0.544 e. The number of carbonyl (C=O) groups is 2. The Bertz CT molecular complexity index is 495. The van der Waals surface area contributed by atoms with Crippen LogP contribution >= 0.6 is 0 Å². The number of amides is 1. The first-order chi connectivity index (χ1) is 10.1. The number of carboxylic acids is 1. The van der Waals surface area contributed by atoms with Crippen LogP contribution in [0.15, 0.2) is 24.3 Å². The Labute approximate surface area is 123 Å². The van der Waals surface area contributed by atoms with Gasteiger partial charge in [-0.05, 0) is 19.1 Å². The SMILES string of the molecule is Cc1ccc(NC(=O)C[C@H](C(=O)[O-])[NH+]2CCOCC2)cc1.